The number of phenolic OH excluding ortho intramolecular Hbond substituents is 1. The standard InChI is InChI=1S/C27H20F3NO5/c1-33-22-7-6-18-20(10-15-2-4-17(5-3-15)36-27(28,29)30)25-19-12-24-23(34-14-35-24)11-16(19)8-9-31(25)13-21(18)26(22)32/h2-7,11-13H,8-10,14H2,1H3/p+1. The summed E-state index contributed by atoms with van der Waals surface area (Å²) >= 11 is 0. The highest BCUT2D eigenvalue weighted by molar-refractivity contribution is 5.95. The van der Waals surface area contributed by atoms with Crippen molar-refractivity contribution in [1.29, 1.82) is 0 Å². The van der Waals surface area contributed by atoms with Crippen LogP contribution in [0.5, 0.6) is 28.7 Å². The second kappa shape index (κ2) is 8.22. The molecule has 2 aliphatic rings. The van der Waals surface area contributed by atoms with Crippen molar-refractivity contribution < 1.29 is 41.8 Å². The van der Waals surface area contributed by atoms with Gasteiger partial charge in [-0.15, -0.1) is 13.2 Å². The van der Waals surface area contributed by atoms with Gasteiger partial charge in [0.1, 0.15) is 5.75 Å². The minimum Gasteiger partial charge on any atom is -0.504 e. The maximum atomic E-state index is 12.6. The normalized spacial score (nSPS) is 13.9. The maximum absolute atomic E-state index is 12.6. The van der Waals surface area contributed by atoms with E-state index in [1.54, 1.807) is 18.2 Å². The fourth-order valence-corrected chi connectivity index (χ4v) is 5.01. The van der Waals surface area contributed by atoms with Gasteiger partial charge in [0.2, 0.25) is 12.5 Å². The molecule has 1 N–H and O–H groups in total. The summed E-state index contributed by atoms with van der Waals surface area (Å²) in [5.74, 6) is 1.51. The topological polar surface area (TPSA) is 61.0 Å². The highest BCUT2D eigenvalue weighted by atomic mass is 19.4. The fraction of sp³-hybridized carbons (Fsp3) is 0.222. The number of ether oxygens (including phenoxy) is 4. The van der Waals surface area contributed by atoms with Crippen LogP contribution in [0.25, 0.3) is 22.0 Å². The second-order valence-electron chi connectivity index (χ2n) is 8.71. The van der Waals surface area contributed by atoms with Gasteiger partial charge < -0.3 is 24.1 Å². The molecule has 4 aromatic rings. The molecule has 0 spiro atoms. The van der Waals surface area contributed by atoms with E-state index in [0.717, 1.165) is 39.8 Å². The number of pyridine rings is 1. The van der Waals surface area contributed by atoms with E-state index >= 15 is 0 Å². The Hall–Kier alpha value is -4.14. The van der Waals surface area contributed by atoms with Crippen molar-refractivity contribution in [1.82, 2.24) is 0 Å². The Morgan fingerprint density at radius 2 is 1.75 bits per heavy atom. The largest absolute Gasteiger partial charge is 0.573 e. The lowest BCUT2D eigenvalue weighted by Crippen LogP contribution is -2.41. The number of aromatic nitrogens is 1. The minimum absolute atomic E-state index is 0.0389. The van der Waals surface area contributed by atoms with Crippen LogP contribution in [0.1, 0.15) is 16.7 Å². The van der Waals surface area contributed by atoms with Crippen LogP contribution in [-0.2, 0) is 19.4 Å². The van der Waals surface area contributed by atoms with Crippen LogP contribution in [0.4, 0.5) is 13.2 Å². The van der Waals surface area contributed by atoms with Crippen LogP contribution >= 0.6 is 0 Å². The smallest absolute Gasteiger partial charge is 0.504 e. The molecule has 0 bridgehead atoms. The van der Waals surface area contributed by atoms with Gasteiger partial charge >= 0.3 is 6.36 Å². The third kappa shape index (κ3) is 3.80. The molecule has 1 aromatic heterocycles. The molecule has 0 unspecified atom stereocenters. The molecule has 0 saturated carbocycles. The molecule has 9 heteroatoms. The van der Waals surface area contributed by atoms with Gasteiger partial charge in [-0.05, 0) is 47.5 Å². The van der Waals surface area contributed by atoms with E-state index in [2.05, 4.69) is 9.30 Å². The van der Waals surface area contributed by atoms with Gasteiger partial charge in [0.25, 0.3) is 0 Å². The predicted octanol–water partition coefficient (Wildman–Crippen LogP) is 5.28. The molecular formula is C27H21F3NO5+. The number of aryl methyl sites for hydroxylation is 2. The summed E-state index contributed by atoms with van der Waals surface area (Å²) < 4.78 is 60.5. The minimum atomic E-state index is -4.75. The Morgan fingerprint density at radius 3 is 2.47 bits per heavy atom. The average molecular weight is 496 g/mol. The van der Waals surface area contributed by atoms with Crippen molar-refractivity contribution in [2.45, 2.75) is 25.7 Å². The van der Waals surface area contributed by atoms with Gasteiger partial charge in [-0.1, -0.05) is 12.1 Å². The third-order valence-corrected chi connectivity index (χ3v) is 6.60. The van der Waals surface area contributed by atoms with Gasteiger partial charge in [0.05, 0.1) is 18.1 Å². The van der Waals surface area contributed by atoms with E-state index in [9.17, 15) is 18.3 Å². The van der Waals surface area contributed by atoms with Crippen molar-refractivity contribution in [2.75, 3.05) is 13.9 Å². The molecule has 36 heavy (non-hydrogen) atoms. The Morgan fingerprint density at radius 1 is 1.00 bits per heavy atom. The average Bonchev–Trinajstić information content (AvgIpc) is 3.30. The molecule has 6 rings (SSSR count). The zero-order valence-corrected chi connectivity index (χ0v) is 19.2. The number of alkyl halides is 3. The molecule has 0 amide bonds. The van der Waals surface area contributed by atoms with Gasteiger partial charge in [-0.25, -0.2) is 0 Å². The molecule has 2 aliphatic heterocycles. The molecule has 0 radical (unpaired) electrons. The van der Waals surface area contributed by atoms with E-state index in [1.807, 2.05) is 24.4 Å². The van der Waals surface area contributed by atoms with Crippen LogP contribution < -0.4 is 23.5 Å². The molecule has 6 nitrogen and oxygen atoms in total. The zero-order chi connectivity index (χ0) is 25.0. The van der Waals surface area contributed by atoms with Crippen LogP contribution in [0.2, 0.25) is 0 Å². The molecule has 3 aromatic carbocycles. The predicted molar refractivity (Wildman–Crippen MR) is 124 cm³/mol. The first-order chi connectivity index (χ1) is 17.3. The van der Waals surface area contributed by atoms with Crippen molar-refractivity contribution in [3.63, 3.8) is 0 Å². The SMILES string of the molecule is COc1ccc2c(Cc3ccc(OC(F)(F)F)cc3)c3[n+](cc2c1O)CCc1cc2c(cc1-3)OCO2. The van der Waals surface area contributed by atoms with Crippen molar-refractivity contribution >= 4 is 10.8 Å². The Balaban J connectivity index is 1.53. The van der Waals surface area contributed by atoms with E-state index in [1.165, 1.54) is 19.2 Å². The Kier molecular flexibility index (Phi) is 5.10. The van der Waals surface area contributed by atoms with E-state index in [-0.39, 0.29) is 18.3 Å². The highest BCUT2D eigenvalue weighted by Crippen LogP contribution is 2.43. The monoisotopic (exact) mass is 496 g/mol. The number of halogens is 3. The lowest BCUT2D eigenvalue weighted by molar-refractivity contribution is -0.686. The summed E-state index contributed by atoms with van der Waals surface area (Å²) in [6, 6.07) is 13.4. The molecule has 3 heterocycles. The number of hydrogen-bond acceptors (Lipinski definition) is 5. The van der Waals surface area contributed by atoms with E-state index in [0.29, 0.717) is 35.6 Å². The summed E-state index contributed by atoms with van der Waals surface area (Å²) in [6.45, 7) is 0.850. The van der Waals surface area contributed by atoms with Crippen LogP contribution in [0, 0.1) is 0 Å². The first kappa shape index (κ1) is 22.3. The van der Waals surface area contributed by atoms with E-state index < -0.39 is 6.36 Å². The van der Waals surface area contributed by atoms with Crippen LogP contribution in [-0.4, -0.2) is 25.4 Å². The van der Waals surface area contributed by atoms with Gasteiger partial charge in [0.15, 0.2) is 35.7 Å². The summed E-state index contributed by atoms with van der Waals surface area (Å²) in [4.78, 5) is 0. The summed E-state index contributed by atoms with van der Waals surface area (Å²) in [7, 11) is 1.50. The lowest BCUT2D eigenvalue weighted by atomic mass is 9.88. The molecular weight excluding hydrogens is 475 g/mol. The Bertz CT molecular complexity index is 1500. The number of nitrogens with zero attached hydrogens (tertiary/aromatic N) is 1. The van der Waals surface area contributed by atoms with Gasteiger partial charge in [-0.2, -0.15) is 4.57 Å². The molecule has 184 valence electrons. The highest BCUT2D eigenvalue weighted by Gasteiger charge is 2.33. The number of benzene rings is 3. The number of methoxy groups -OCH3 is 1. The third-order valence-electron chi connectivity index (χ3n) is 6.60. The van der Waals surface area contributed by atoms with Crippen molar-refractivity contribution in [3.05, 3.63) is 71.4 Å². The lowest BCUT2D eigenvalue weighted by Gasteiger charge is -2.20. The molecule has 0 fully saturated rings. The van der Waals surface area contributed by atoms with Gasteiger partial charge in [0, 0.05) is 23.8 Å². The zero-order valence-electron chi connectivity index (χ0n) is 19.2. The quantitative estimate of drug-likeness (QED) is 0.390. The first-order valence-electron chi connectivity index (χ1n) is 11.3. The van der Waals surface area contributed by atoms with Gasteiger partial charge in [-0.3, -0.25) is 0 Å². The number of fused-ring (bicyclic) bond motifs is 5. The summed E-state index contributed by atoms with van der Waals surface area (Å²) in [6.07, 6.45) is -1.65. The van der Waals surface area contributed by atoms with Crippen molar-refractivity contribution in [2.24, 2.45) is 0 Å². The fourth-order valence-electron chi connectivity index (χ4n) is 5.01. The second-order valence-corrected chi connectivity index (χ2v) is 8.71. The number of aromatic hydroxyl groups is 1. The summed E-state index contributed by atoms with van der Waals surface area (Å²) in [5, 5.41) is 12.4. The van der Waals surface area contributed by atoms with Crippen LogP contribution in [0.15, 0.2) is 54.7 Å². The van der Waals surface area contributed by atoms with E-state index in [4.69, 9.17) is 14.2 Å². The Labute approximate surface area is 204 Å². The maximum Gasteiger partial charge on any atom is 0.573 e. The molecule has 0 saturated heterocycles. The summed E-state index contributed by atoms with van der Waals surface area (Å²) in [5.41, 5.74) is 4.79. The van der Waals surface area contributed by atoms with Crippen molar-refractivity contribution in [3.8, 4) is 40.0 Å². The number of rotatable bonds is 4. The first-order valence-corrected chi connectivity index (χ1v) is 11.3. The molecule has 0 aliphatic carbocycles. The van der Waals surface area contributed by atoms with Crippen LogP contribution in [0.3, 0.4) is 0 Å². The number of hydrogen-bond donors (Lipinski definition) is 1. The molecule has 0 atom stereocenters. The number of phenols is 1.